The minimum Gasteiger partial charge on any atom is -0.453 e. The zero-order valence-corrected chi connectivity index (χ0v) is 12.5. The zero-order valence-electron chi connectivity index (χ0n) is 12.5. The molecule has 2 aliphatic rings. The van der Waals surface area contributed by atoms with Crippen molar-refractivity contribution in [3.8, 4) is 0 Å². The van der Waals surface area contributed by atoms with Crippen molar-refractivity contribution in [1.29, 1.82) is 0 Å². The van der Waals surface area contributed by atoms with Gasteiger partial charge in [0.15, 0.2) is 0 Å². The van der Waals surface area contributed by atoms with Crippen LogP contribution in [-0.4, -0.2) is 43.3 Å². The predicted molar refractivity (Wildman–Crippen MR) is 83.7 cm³/mol. The summed E-state index contributed by atoms with van der Waals surface area (Å²) in [7, 11) is 1.36. The monoisotopic (exact) mass is 289 g/mol. The lowest BCUT2D eigenvalue weighted by atomic mass is 9.99. The Balaban J connectivity index is 1.59. The summed E-state index contributed by atoms with van der Waals surface area (Å²) < 4.78 is 4.58. The fraction of sp³-hybridized carbons (Fsp3) is 0.562. The third kappa shape index (κ3) is 3.29. The van der Waals surface area contributed by atoms with Crippen molar-refractivity contribution in [2.24, 2.45) is 0 Å². The molecule has 0 aromatic heterocycles. The molecule has 2 heterocycles. The summed E-state index contributed by atoms with van der Waals surface area (Å²) in [5.74, 6) is 0. The molecule has 2 fully saturated rings. The largest absolute Gasteiger partial charge is 0.453 e. The number of hydrogen-bond donors (Lipinski definition) is 2. The lowest BCUT2D eigenvalue weighted by molar-refractivity contribution is 0.187. The Morgan fingerprint density at radius 2 is 1.90 bits per heavy atom. The summed E-state index contributed by atoms with van der Waals surface area (Å²) in [6.07, 6.45) is 4.77. The molecule has 21 heavy (non-hydrogen) atoms. The van der Waals surface area contributed by atoms with Crippen LogP contribution in [-0.2, 0) is 4.74 Å². The van der Waals surface area contributed by atoms with Gasteiger partial charge in [-0.2, -0.15) is 0 Å². The molecule has 2 aliphatic heterocycles. The van der Waals surface area contributed by atoms with Crippen molar-refractivity contribution in [3.63, 3.8) is 0 Å². The van der Waals surface area contributed by atoms with Gasteiger partial charge in [-0.25, -0.2) is 4.79 Å². The van der Waals surface area contributed by atoms with Crippen LogP contribution in [0.3, 0.4) is 0 Å². The summed E-state index contributed by atoms with van der Waals surface area (Å²) in [5.41, 5.74) is 1.86. The van der Waals surface area contributed by atoms with Gasteiger partial charge in [0, 0.05) is 30.0 Å². The van der Waals surface area contributed by atoms with E-state index in [4.69, 9.17) is 0 Å². The van der Waals surface area contributed by atoms with Crippen LogP contribution >= 0.6 is 0 Å². The molecule has 0 bridgehead atoms. The first-order valence-corrected chi connectivity index (χ1v) is 7.72. The summed E-state index contributed by atoms with van der Waals surface area (Å²) in [6.45, 7) is 2.47. The number of nitrogens with one attached hydrogen (secondary N) is 2. The summed E-state index contributed by atoms with van der Waals surface area (Å²) in [4.78, 5) is 13.8. The highest BCUT2D eigenvalue weighted by Crippen LogP contribution is 2.29. The number of carbonyl (C=O) groups excluding carboxylic acids is 1. The summed E-state index contributed by atoms with van der Waals surface area (Å²) >= 11 is 0. The Labute approximate surface area is 125 Å². The Kier molecular flexibility index (Phi) is 4.29. The number of carbonyl (C=O) groups is 1. The second kappa shape index (κ2) is 6.35. The molecule has 0 radical (unpaired) electrons. The van der Waals surface area contributed by atoms with Crippen molar-refractivity contribution >= 4 is 17.5 Å². The van der Waals surface area contributed by atoms with E-state index in [1.165, 1.54) is 45.9 Å². The van der Waals surface area contributed by atoms with Crippen molar-refractivity contribution in [1.82, 2.24) is 4.90 Å². The van der Waals surface area contributed by atoms with Crippen molar-refractivity contribution in [3.05, 3.63) is 24.3 Å². The second-order valence-corrected chi connectivity index (χ2v) is 5.83. The number of amides is 1. The SMILES string of the molecule is COC(=O)Nc1ccc(NC2CCN3CCCCC23)cc1. The van der Waals surface area contributed by atoms with Crippen molar-refractivity contribution < 1.29 is 9.53 Å². The number of anilines is 2. The van der Waals surface area contributed by atoms with E-state index in [1.807, 2.05) is 24.3 Å². The van der Waals surface area contributed by atoms with Gasteiger partial charge in [0.1, 0.15) is 0 Å². The Bertz CT molecular complexity index is 489. The van der Waals surface area contributed by atoms with E-state index < -0.39 is 6.09 Å². The van der Waals surface area contributed by atoms with E-state index in [9.17, 15) is 4.79 Å². The molecule has 114 valence electrons. The van der Waals surface area contributed by atoms with E-state index >= 15 is 0 Å². The molecule has 0 aliphatic carbocycles. The Morgan fingerprint density at radius 3 is 2.67 bits per heavy atom. The zero-order chi connectivity index (χ0) is 14.7. The van der Waals surface area contributed by atoms with E-state index in [0.717, 1.165) is 11.4 Å². The van der Waals surface area contributed by atoms with Gasteiger partial charge >= 0.3 is 6.09 Å². The van der Waals surface area contributed by atoms with E-state index in [0.29, 0.717) is 12.1 Å². The number of ether oxygens (including phenoxy) is 1. The van der Waals surface area contributed by atoms with Gasteiger partial charge in [0.05, 0.1) is 7.11 Å². The molecule has 5 heteroatoms. The number of hydrogen-bond acceptors (Lipinski definition) is 4. The average molecular weight is 289 g/mol. The number of benzene rings is 1. The molecule has 2 unspecified atom stereocenters. The third-order valence-electron chi connectivity index (χ3n) is 4.52. The van der Waals surface area contributed by atoms with E-state index in [1.54, 1.807) is 0 Å². The van der Waals surface area contributed by atoms with Gasteiger partial charge in [-0.3, -0.25) is 10.2 Å². The van der Waals surface area contributed by atoms with Crippen LogP contribution in [0, 0.1) is 0 Å². The highest BCUT2D eigenvalue weighted by atomic mass is 16.5. The van der Waals surface area contributed by atoms with Gasteiger partial charge in [0.2, 0.25) is 0 Å². The van der Waals surface area contributed by atoms with Gasteiger partial charge in [-0.05, 0) is 50.1 Å². The number of rotatable bonds is 3. The lowest BCUT2D eigenvalue weighted by Crippen LogP contribution is -2.41. The Morgan fingerprint density at radius 1 is 1.14 bits per heavy atom. The lowest BCUT2D eigenvalue weighted by Gasteiger charge is -2.33. The molecule has 1 aromatic carbocycles. The number of fused-ring (bicyclic) bond motifs is 1. The van der Waals surface area contributed by atoms with Gasteiger partial charge < -0.3 is 10.1 Å². The van der Waals surface area contributed by atoms with Gasteiger partial charge in [-0.1, -0.05) is 6.42 Å². The minimum atomic E-state index is -0.440. The molecule has 2 N–H and O–H groups in total. The second-order valence-electron chi connectivity index (χ2n) is 5.83. The van der Waals surface area contributed by atoms with Crippen LogP contribution in [0.4, 0.5) is 16.2 Å². The molecule has 2 atom stereocenters. The molecule has 2 saturated heterocycles. The first-order chi connectivity index (χ1) is 10.3. The number of methoxy groups -OCH3 is 1. The maximum Gasteiger partial charge on any atom is 0.411 e. The summed E-state index contributed by atoms with van der Waals surface area (Å²) in [6, 6.07) is 9.05. The first kappa shape index (κ1) is 14.2. The van der Waals surface area contributed by atoms with Crippen LogP contribution < -0.4 is 10.6 Å². The highest BCUT2D eigenvalue weighted by Gasteiger charge is 2.35. The van der Waals surface area contributed by atoms with Crippen LogP contribution in [0.1, 0.15) is 25.7 Å². The topological polar surface area (TPSA) is 53.6 Å². The molecular formula is C16H23N3O2. The summed E-state index contributed by atoms with van der Waals surface area (Å²) in [5, 5.41) is 6.31. The molecule has 0 saturated carbocycles. The van der Waals surface area contributed by atoms with Crippen LogP contribution in [0.15, 0.2) is 24.3 Å². The maximum atomic E-state index is 11.1. The standard InChI is InChI=1S/C16H23N3O2/c1-21-16(20)18-13-7-5-12(6-8-13)17-14-9-11-19-10-3-2-4-15(14)19/h5-8,14-15,17H,2-4,9-11H2,1H3,(H,18,20). The third-order valence-corrected chi connectivity index (χ3v) is 4.52. The maximum absolute atomic E-state index is 11.1. The van der Waals surface area contributed by atoms with E-state index in [2.05, 4.69) is 20.3 Å². The molecule has 1 amide bonds. The predicted octanol–water partition coefficient (Wildman–Crippen LogP) is 2.90. The normalized spacial score (nSPS) is 25.2. The molecule has 3 rings (SSSR count). The minimum absolute atomic E-state index is 0.440. The van der Waals surface area contributed by atoms with Crippen LogP contribution in [0.5, 0.6) is 0 Å². The number of nitrogens with zero attached hydrogens (tertiary/aromatic N) is 1. The number of piperidine rings is 1. The molecule has 5 nitrogen and oxygen atoms in total. The van der Waals surface area contributed by atoms with Crippen molar-refractivity contribution in [2.45, 2.75) is 37.8 Å². The highest BCUT2D eigenvalue weighted by molar-refractivity contribution is 5.84. The smallest absolute Gasteiger partial charge is 0.411 e. The first-order valence-electron chi connectivity index (χ1n) is 7.72. The van der Waals surface area contributed by atoms with Gasteiger partial charge in [-0.15, -0.1) is 0 Å². The van der Waals surface area contributed by atoms with Crippen LogP contribution in [0.25, 0.3) is 0 Å². The van der Waals surface area contributed by atoms with Gasteiger partial charge in [0.25, 0.3) is 0 Å². The fourth-order valence-corrected chi connectivity index (χ4v) is 3.45. The van der Waals surface area contributed by atoms with Crippen LogP contribution in [0.2, 0.25) is 0 Å². The Hall–Kier alpha value is -1.75. The van der Waals surface area contributed by atoms with Crippen molar-refractivity contribution in [2.75, 3.05) is 30.8 Å². The molecular weight excluding hydrogens is 266 g/mol. The fourth-order valence-electron chi connectivity index (χ4n) is 3.45. The quantitative estimate of drug-likeness (QED) is 0.898. The average Bonchev–Trinajstić information content (AvgIpc) is 2.92. The molecule has 0 spiro atoms. The van der Waals surface area contributed by atoms with E-state index in [-0.39, 0.29) is 0 Å². The molecule has 1 aromatic rings.